The first-order valence-corrected chi connectivity index (χ1v) is 10.1. The molecule has 0 saturated carbocycles. The first-order valence-electron chi connectivity index (χ1n) is 9.32. The van der Waals surface area contributed by atoms with Gasteiger partial charge in [-0.3, -0.25) is 19.3 Å². The van der Waals surface area contributed by atoms with Crippen LogP contribution in [0.4, 0.5) is 16.5 Å². The molecule has 2 N–H and O–H groups in total. The fraction of sp³-hybridized carbons (Fsp3) is 0.182. The predicted molar refractivity (Wildman–Crippen MR) is 119 cm³/mol. The van der Waals surface area contributed by atoms with Gasteiger partial charge in [0.05, 0.1) is 12.2 Å². The fourth-order valence-electron chi connectivity index (χ4n) is 2.85. The van der Waals surface area contributed by atoms with Crippen LogP contribution in [-0.2, 0) is 16.1 Å². The van der Waals surface area contributed by atoms with E-state index >= 15 is 0 Å². The molecule has 0 radical (unpaired) electrons. The van der Waals surface area contributed by atoms with E-state index < -0.39 is 0 Å². The predicted octanol–water partition coefficient (Wildman–Crippen LogP) is 4.22. The maximum atomic E-state index is 12.8. The molecule has 8 heteroatoms. The molecule has 3 rings (SSSR count). The summed E-state index contributed by atoms with van der Waals surface area (Å²) in [6, 6.07) is 16.5. The third-order valence-electron chi connectivity index (χ3n) is 4.23. The van der Waals surface area contributed by atoms with Gasteiger partial charge in [0.1, 0.15) is 4.88 Å². The first-order chi connectivity index (χ1) is 14.3. The Morgan fingerprint density at radius 3 is 2.27 bits per heavy atom. The highest BCUT2D eigenvalue weighted by Gasteiger charge is 2.21. The number of nitrogens with zero attached hydrogens (tertiary/aromatic N) is 2. The van der Waals surface area contributed by atoms with Crippen molar-refractivity contribution in [3.8, 4) is 0 Å². The standard InChI is InChI=1S/C22H22N4O3S/c1-14-20(21(29)25-19-11-7-10-18(12-19)24-15(2)27)30-22(23-14)26(16(3)28)13-17-8-5-4-6-9-17/h4-12H,13H2,1-3H3,(H,24,27)(H,25,29). The van der Waals surface area contributed by atoms with Crippen molar-refractivity contribution in [1.82, 2.24) is 4.98 Å². The van der Waals surface area contributed by atoms with Crippen LogP contribution in [-0.4, -0.2) is 22.7 Å². The molecule has 1 heterocycles. The second kappa shape index (κ2) is 9.32. The zero-order valence-corrected chi connectivity index (χ0v) is 17.7. The number of thiazole rings is 1. The van der Waals surface area contributed by atoms with E-state index in [-0.39, 0.29) is 17.7 Å². The topological polar surface area (TPSA) is 91.4 Å². The summed E-state index contributed by atoms with van der Waals surface area (Å²) in [6.45, 7) is 5.02. The number of aromatic nitrogens is 1. The van der Waals surface area contributed by atoms with E-state index in [4.69, 9.17) is 0 Å². The molecule has 0 aliphatic heterocycles. The molecule has 0 spiro atoms. The molecular formula is C22H22N4O3S. The Morgan fingerprint density at radius 1 is 0.967 bits per heavy atom. The maximum Gasteiger partial charge on any atom is 0.267 e. The van der Waals surface area contributed by atoms with Crippen molar-refractivity contribution >= 4 is 45.6 Å². The van der Waals surface area contributed by atoms with Crippen LogP contribution in [0.2, 0.25) is 0 Å². The smallest absolute Gasteiger partial charge is 0.267 e. The van der Waals surface area contributed by atoms with Crippen LogP contribution in [0.25, 0.3) is 0 Å². The molecule has 2 aromatic carbocycles. The zero-order chi connectivity index (χ0) is 21.7. The molecule has 30 heavy (non-hydrogen) atoms. The Labute approximate surface area is 178 Å². The van der Waals surface area contributed by atoms with Gasteiger partial charge in [-0.2, -0.15) is 0 Å². The minimum absolute atomic E-state index is 0.150. The van der Waals surface area contributed by atoms with Crippen molar-refractivity contribution < 1.29 is 14.4 Å². The summed E-state index contributed by atoms with van der Waals surface area (Å²) < 4.78 is 0. The molecule has 0 aliphatic carbocycles. The lowest BCUT2D eigenvalue weighted by Gasteiger charge is -2.17. The van der Waals surface area contributed by atoms with E-state index in [2.05, 4.69) is 15.6 Å². The lowest BCUT2D eigenvalue weighted by molar-refractivity contribution is -0.116. The molecular weight excluding hydrogens is 400 g/mol. The Balaban J connectivity index is 1.80. The number of hydrogen-bond acceptors (Lipinski definition) is 5. The largest absolute Gasteiger partial charge is 0.326 e. The zero-order valence-electron chi connectivity index (χ0n) is 16.9. The SMILES string of the molecule is CC(=O)Nc1cccc(NC(=O)c2sc(N(Cc3ccccc3)C(C)=O)nc2C)c1. The monoisotopic (exact) mass is 422 g/mol. The van der Waals surface area contributed by atoms with Crippen LogP contribution in [0.15, 0.2) is 54.6 Å². The van der Waals surface area contributed by atoms with Crippen LogP contribution in [0.1, 0.15) is 34.8 Å². The van der Waals surface area contributed by atoms with E-state index in [0.29, 0.717) is 33.6 Å². The molecule has 154 valence electrons. The average molecular weight is 423 g/mol. The second-order valence-corrected chi connectivity index (χ2v) is 7.70. The van der Waals surface area contributed by atoms with E-state index in [1.54, 1.807) is 36.1 Å². The van der Waals surface area contributed by atoms with Crippen molar-refractivity contribution in [2.75, 3.05) is 15.5 Å². The minimum Gasteiger partial charge on any atom is -0.326 e. The average Bonchev–Trinajstić information content (AvgIpc) is 3.08. The van der Waals surface area contributed by atoms with Gasteiger partial charge in [-0.05, 0) is 30.7 Å². The lowest BCUT2D eigenvalue weighted by Crippen LogP contribution is -2.27. The van der Waals surface area contributed by atoms with Gasteiger partial charge in [0.25, 0.3) is 5.91 Å². The van der Waals surface area contributed by atoms with Crippen molar-refractivity contribution in [2.45, 2.75) is 27.3 Å². The van der Waals surface area contributed by atoms with Gasteiger partial charge in [-0.1, -0.05) is 47.7 Å². The molecule has 0 fully saturated rings. The number of benzene rings is 2. The summed E-state index contributed by atoms with van der Waals surface area (Å²) in [4.78, 5) is 42.7. The summed E-state index contributed by atoms with van der Waals surface area (Å²) in [7, 11) is 0. The van der Waals surface area contributed by atoms with Gasteiger partial charge in [-0.15, -0.1) is 0 Å². The van der Waals surface area contributed by atoms with Crippen LogP contribution >= 0.6 is 11.3 Å². The Kier molecular flexibility index (Phi) is 6.58. The highest BCUT2D eigenvalue weighted by molar-refractivity contribution is 7.17. The van der Waals surface area contributed by atoms with Gasteiger partial charge >= 0.3 is 0 Å². The van der Waals surface area contributed by atoms with Gasteiger partial charge in [0.15, 0.2) is 5.13 Å². The number of nitrogens with one attached hydrogen (secondary N) is 2. The number of anilines is 3. The number of rotatable bonds is 6. The fourth-order valence-corrected chi connectivity index (χ4v) is 3.86. The van der Waals surface area contributed by atoms with Crippen LogP contribution < -0.4 is 15.5 Å². The van der Waals surface area contributed by atoms with Gasteiger partial charge < -0.3 is 10.6 Å². The third-order valence-corrected chi connectivity index (χ3v) is 5.41. The van der Waals surface area contributed by atoms with E-state index in [1.807, 2.05) is 30.3 Å². The van der Waals surface area contributed by atoms with Crippen molar-refractivity contribution in [1.29, 1.82) is 0 Å². The van der Waals surface area contributed by atoms with Crippen molar-refractivity contribution in [3.05, 3.63) is 70.7 Å². The third kappa shape index (κ3) is 5.30. The molecule has 7 nitrogen and oxygen atoms in total. The minimum atomic E-state index is -0.320. The highest BCUT2D eigenvalue weighted by atomic mass is 32.1. The summed E-state index contributed by atoms with van der Waals surface area (Å²) in [6.07, 6.45) is 0. The lowest BCUT2D eigenvalue weighted by atomic mass is 10.2. The van der Waals surface area contributed by atoms with Crippen LogP contribution in [0.3, 0.4) is 0 Å². The molecule has 1 aromatic heterocycles. The summed E-state index contributed by atoms with van der Waals surface area (Å²) in [5, 5.41) is 5.97. The normalized spacial score (nSPS) is 10.4. The number of hydrogen-bond donors (Lipinski definition) is 2. The highest BCUT2D eigenvalue weighted by Crippen LogP contribution is 2.28. The molecule has 0 aliphatic rings. The Hall–Kier alpha value is -3.52. The Morgan fingerprint density at radius 2 is 1.63 bits per heavy atom. The second-order valence-electron chi connectivity index (χ2n) is 6.72. The Bertz CT molecular complexity index is 1080. The van der Waals surface area contributed by atoms with Crippen molar-refractivity contribution in [2.24, 2.45) is 0 Å². The van der Waals surface area contributed by atoms with Gasteiger partial charge in [0, 0.05) is 25.2 Å². The van der Waals surface area contributed by atoms with E-state index in [1.165, 1.54) is 25.2 Å². The van der Waals surface area contributed by atoms with Crippen LogP contribution in [0, 0.1) is 6.92 Å². The molecule has 0 bridgehead atoms. The van der Waals surface area contributed by atoms with Crippen molar-refractivity contribution in [3.63, 3.8) is 0 Å². The molecule has 0 unspecified atom stereocenters. The number of carbonyl (C=O) groups is 3. The first kappa shape index (κ1) is 21.2. The molecule has 3 amide bonds. The number of aryl methyl sites for hydroxylation is 1. The number of amides is 3. The van der Waals surface area contributed by atoms with Gasteiger partial charge in [0.2, 0.25) is 11.8 Å². The summed E-state index contributed by atoms with van der Waals surface area (Å²) in [5.74, 6) is -0.661. The maximum absolute atomic E-state index is 12.8. The summed E-state index contributed by atoms with van der Waals surface area (Å²) in [5.41, 5.74) is 2.66. The molecule has 0 saturated heterocycles. The molecule has 3 aromatic rings. The quantitative estimate of drug-likeness (QED) is 0.622. The van der Waals surface area contributed by atoms with Gasteiger partial charge in [-0.25, -0.2) is 4.98 Å². The van der Waals surface area contributed by atoms with E-state index in [0.717, 1.165) is 5.56 Å². The van der Waals surface area contributed by atoms with E-state index in [9.17, 15) is 14.4 Å². The summed E-state index contributed by atoms with van der Waals surface area (Å²) >= 11 is 1.17. The molecule has 0 atom stereocenters. The number of carbonyl (C=O) groups excluding carboxylic acids is 3. The van der Waals surface area contributed by atoms with Crippen LogP contribution in [0.5, 0.6) is 0 Å².